The largest absolute Gasteiger partial charge is 0.384 e. The van der Waals surface area contributed by atoms with Crippen molar-refractivity contribution in [2.24, 2.45) is 0 Å². The van der Waals surface area contributed by atoms with E-state index in [1.54, 1.807) is 0 Å². The molecule has 0 amide bonds. The topological polar surface area (TPSA) is 84.0 Å². The van der Waals surface area contributed by atoms with E-state index in [-0.39, 0.29) is 49.0 Å². The van der Waals surface area contributed by atoms with E-state index in [0.29, 0.717) is 0 Å². The Hall–Kier alpha value is -1.07. The Balaban J connectivity index is 2.09. The second kappa shape index (κ2) is 7.44. The lowest BCUT2D eigenvalue weighted by Crippen LogP contribution is -2.51. The number of aryl methyl sites for hydroxylation is 1. The molecule has 0 saturated carbocycles. The maximum Gasteiger partial charge on any atom is 0.243 e. The van der Waals surface area contributed by atoms with Gasteiger partial charge in [0.2, 0.25) is 20.0 Å². The zero-order chi connectivity index (χ0) is 18.0. The molecule has 1 fully saturated rings. The van der Waals surface area contributed by atoms with E-state index in [1.165, 1.54) is 34.8 Å². The number of benzene rings is 1. The number of rotatable bonds is 6. The summed E-state index contributed by atoms with van der Waals surface area (Å²) in [7, 11) is -5.80. The SMILES string of the molecule is COCCS(=O)(=O)N1CCN(S(=O)(=O)c2ccc(F)c(C)c2)CC1. The first kappa shape index (κ1) is 19.3. The maximum atomic E-state index is 13.3. The molecule has 0 aromatic heterocycles. The molecule has 0 atom stereocenters. The summed E-state index contributed by atoms with van der Waals surface area (Å²) in [6.07, 6.45) is 0. The summed E-state index contributed by atoms with van der Waals surface area (Å²) in [5, 5.41) is 0. The Morgan fingerprint density at radius 3 is 2.21 bits per heavy atom. The van der Waals surface area contributed by atoms with Crippen molar-refractivity contribution in [1.29, 1.82) is 0 Å². The first-order valence-electron chi connectivity index (χ1n) is 7.41. The fourth-order valence-electron chi connectivity index (χ4n) is 2.43. The third kappa shape index (κ3) is 4.12. The summed E-state index contributed by atoms with van der Waals surface area (Å²) in [6, 6.07) is 3.62. The van der Waals surface area contributed by atoms with Crippen molar-refractivity contribution < 1.29 is 26.0 Å². The lowest BCUT2D eigenvalue weighted by molar-refractivity contribution is 0.213. The molecule has 1 heterocycles. The smallest absolute Gasteiger partial charge is 0.243 e. The molecule has 0 spiro atoms. The summed E-state index contributed by atoms with van der Waals surface area (Å²) in [5.41, 5.74) is 0.247. The number of sulfonamides is 2. The molecule has 1 aromatic carbocycles. The molecule has 0 bridgehead atoms. The van der Waals surface area contributed by atoms with E-state index >= 15 is 0 Å². The molecule has 1 saturated heterocycles. The Kier molecular flexibility index (Phi) is 5.97. The molecular formula is C14H21FN2O5S2. The minimum absolute atomic E-state index is 0.0112. The first-order chi connectivity index (χ1) is 11.2. The Bertz CT molecular complexity index is 787. The number of halogens is 1. The van der Waals surface area contributed by atoms with Crippen molar-refractivity contribution in [3.63, 3.8) is 0 Å². The lowest BCUT2D eigenvalue weighted by atomic mass is 10.2. The van der Waals surface area contributed by atoms with Crippen LogP contribution in [0.25, 0.3) is 0 Å². The molecule has 1 aliphatic rings. The van der Waals surface area contributed by atoms with E-state index in [2.05, 4.69) is 0 Å². The molecule has 10 heteroatoms. The molecule has 0 unspecified atom stereocenters. The molecule has 1 aliphatic heterocycles. The summed E-state index contributed by atoms with van der Waals surface area (Å²) < 4.78 is 70.0. The molecule has 24 heavy (non-hydrogen) atoms. The van der Waals surface area contributed by atoms with Gasteiger partial charge < -0.3 is 4.74 Å². The van der Waals surface area contributed by atoms with Gasteiger partial charge in [-0.2, -0.15) is 8.61 Å². The highest BCUT2D eigenvalue weighted by molar-refractivity contribution is 7.89. The maximum absolute atomic E-state index is 13.3. The second-order valence-electron chi connectivity index (χ2n) is 5.52. The molecule has 0 aliphatic carbocycles. The highest BCUT2D eigenvalue weighted by atomic mass is 32.2. The second-order valence-corrected chi connectivity index (χ2v) is 9.55. The van der Waals surface area contributed by atoms with Gasteiger partial charge in [-0.3, -0.25) is 0 Å². The van der Waals surface area contributed by atoms with Crippen molar-refractivity contribution in [3.8, 4) is 0 Å². The molecule has 2 rings (SSSR count). The standard InChI is InChI=1S/C14H21FN2O5S2/c1-12-11-13(3-4-14(12)15)24(20,21)17-7-5-16(6-8-17)23(18,19)10-9-22-2/h3-4,11H,5-10H2,1-2H3. The minimum atomic E-state index is -3.77. The first-order valence-corrected chi connectivity index (χ1v) is 10.5. The third-order valence-electron chi connectivity index (χ3n) is 3.90. The average molecular weight is 380 g/mol. The fraction of sp³-hybridized carbons (Fsp3) is 0.571. The van der Waals surface area contributed by atoms with Gasteiger partial charge in [0.15, 0.2) is 0 Å². The van der Waals surface area contributed by atoms with Crippen LogP contribution in [0, 0.1) is 12.7 Å². The van der Waals surface area contributed by atoms with Gasteiger partial charge in [0.25, 0.3) is 0 Å². The van der Waals surface area contributed by atoms with Crippen LogP contribution in [0.15, 0.2) is 23.1 Å². The summed E-state index contributed by atoms with van der Waals surface area (Å²) in [6.45, 7) is 1.89. The van der Waals surface area contributed by atoms with Crippen molar-refractivity contribution in [2.45, 2.75) is 11.8 Å². The summed E-state index contributed by atoms with van der Waals surface area (Å²) in [4.78, 5) is 0.0112. The Labute approximate surface area is 142 Å². The number of methoxy groups -OCH3 is 1. The van der Waals surface area contributed by atoms with Gasteiger partial charge in [-0.25, -0.2) is 21.2 Å². The van der Waals surface area contributed by atoms with Gasteiger partial charge in [-0.1, -0.05) is 0 Å². The average Bonchev–Trinajstić information content (AvgIpc) is 2.55. The fourth-order valence-corrected chi connectivity index (χ4v) is 5.30. The molecular weight excluding hydrogens is 359 g/mol. The molecule has 7 nitrogen and oxygen atoms in total. The number of nitrogens with zero attached hydrogens (tertiary/aromatic N) is 2. The monoisotopic (exact) mass is 380 g/mol. The highest BCUT2D eigenvalue weighted by Gasteiger charge is 2.32. The van der Waals surface area contributed by atoms with Gasteiger partial charge in [0.1, 0.15) is 5.82 Å². The predicted molar refractivity (Wildman–Crippen MR) is 87.1 cm³/mol. The minimum Gasteiger partial charge on any atom is -0.384 e. The van der Waals surface area contributed by atoms with Crippen molar-refractivity contribution >= 4 is 20.0 Å². The van der Waals surface area contributed by atoms with Crippen LogP contribution in [0.3, 0.4) is 0 Å². The van der Waals surface area contributed by atoms with Crippen LogP contribution in [0.2, 0.25) is 0 Å². The van der Waals surface area contributed by atoms with Gasteiger partial charge in [0.05, 0.1) is 17.3 Å². The molecule has 0 radical (unpaired) electrons. The van der Waals surface area contributed by atoms with E-state index in [9.17, 15) is 21.2 Å². The third-order valence-corrected chi connectivity index (χ3v) is 7.63. The zero-order valence-corrected chi connectivity index (χ0v) is 15.2. The predicted octanol–water partition coefficient (Wildman–Crippen LogP) is 0.417. The quantitative estimate of drug-likeness (QED) is 0.714. The van der Waals surface area contributed by atoms with E-state index in [0.717, 1.165) is 6.07 Å². The van der Waals surface area contributed by atoms with Crippen molar-refractivity contribution in [2.75, 3.05) is 45.6 Å². The summed E-state index contributed by atoms with van der Waals surface area (Å²) >= 11 is 0. The Morgan fingerprint density at radius 1 is 1.08 bits per heavy atom. The van der Waals surface area contributed by atoms with E-state index in [1.807, 2.05) is 0 Å². The van der Waals surface area contributed by atoms with Crippen LogP contribution >= 0.6 is 0 Å². The number of hydrogen-bond acceptors (Lipinski definition) is 5. The van der Waals surface area contributed by atoms with Crippen LogP contribution in [-0.4, -0.2) is 71.1 Å². The highest BCUT2D eigenvalue weighted by Crippen LogP contribution is 2.21. The Morgan fingerprint density at radius 2 is 1.67 bits per heavy atom. The zero-order valence-electron chi connectivity index (χ0n) is 13.6. The van der Waals surface area contributed by atoms with Crippen LogP contribution in [0.4, 0.5) is 4.39 Å². The van der Waals surface area contributed by atoms with Crippen molar-refractivity contribution in [3.05, 3.63) is 29.6 Å². The summed E-state index contributed by atoms with van der Waals surface area (Å²) in [5.74, 6) is -0.601. The van der Waals surface area contributed by atoms with Gasteiger partial charge in [-0.05, 0) is 30.7 Å². The van der Waals surface area contributed by atoms with Gasteiger partial charge in [0, 0.05) is 33.3 Å². The number of piperazine rings is 1. The number of hydrogen-bond donors (Lipinski definition) is 0. The van der Waals surface area contributed by atoms with Crippen LogP contribution in [0.1, 0.15) is 5.56 Å². The van der Waals surface area contributed by atoms with E-state index < -0.39 is 25.9 Å². The molecule has 1 aromatic rings. The van der Waals surface area contributed by atoms with Gasteiger partial charge >= 0.3 is 0 Å². The van der Waals surface area contributed by atoms with Crippen molar-refractivity contribution in [1.82, 2.24) is 8.61 Å². The van der Waals surface area contributed by atoms with Crippen LogP contribution in [0.5, 0.6) is 0 Å². The molecule has 136 valence electrons. The number of ether oxygens (including phenoxy) is 1. The normalized spacial score (nSPS) is 18.0. The van der Waals surface area contributed by atoms with Crippen LogP contribution < -0.4 is 0 Å². The lowest BCUT2D eigenvalue weighted by Gasteiger charge is -2.33. The van der Waals surface area contributed by atoms with Gasteiger partial charge in [-0.15, -0.1) is 0 Å². The molecule has 0 N–H and O–H groups in total. The van der Waals surface area contributed by atoms with E-state index in [4.69, 9.17) is 4.74 Å². The van der Waals surface area contributed by atoms with Crippen LogP contribution in [-0.2, 0) is 24.8 Å².